The minimum absolute atomic E-state index is 0.224. The van der Waals surface area contributed by atoms with Crippen molar-refractivity contribution in [2.45, 2.75) is 44.9 Å². The monoisotopic (exact) mass is 399 g/mol. The molecule has 0 spiro atoms. The van der Waals surface area contributed by atoms with Crippen LogP contribution in [0, 0.1) is 12.8 Å². The first kappa shape index (κ1) is 18.6. The zero-order chi connectivity index (χ0) is 19.3. The zero-order valence-corrected chi connectivity index (χ0v) is 17.6. The Kier molecular flexibility index (Phi) is 4.91. The lowest BCUT2D eigenvalue weighted by Gasteiger charge is -2.47. The fraction of sp³-hybridized carbons (Fsp3) is 0.591. The molecule has 150 valence electrons. The minimum Gasteiger partial charge on any atom is -0.378 e. The van der Waals surface area contributed by atoms with Gasteiger partial charge in [-0.2, -0.15) is 0 Å². The van der Waals surface area contributed by atoms with Crippen molar-refractivity contribution in [3.05, 3.63) is 55.6 Å². The Morgan fingerprint density at radius 3 is 2.75 bits per heavy atom. The number of thiophene rings is 1. The van der Waals surface area contributed by atoms with Crippen molar-refractivity contribution in [1.29, 1.82) is 0 Å². The third kappa shape index (κ3) is 3.36. The van der Waals surface area contributed by atoms with Gasteiger partial charge in [-0.1, -0.05) is 6.07 Å². The SMILES string of the molecule is Cc1ccsc1CN(C)Cc1ccc2n(c1=O)C[C@H]1C[C@@H]2CN(C2COC2)C1. The van der Waals surface area contributed by atoms with Crippen LogP contribution < -0.4 is 5.56 Å². The fourth-order valence-electron chi connectivity index (χ4n) is 5.04. The number of rotatable bonds is 5. The summed E-state index contributed by atoms with van der Waals surface area (Å²) in [6, 6.07) is 7.07. The van der Waals surface area contributed by atoms with Gasteiger partial charge in [0.15, 0.2) is 0 Å². The maximum absolute atomic E-state index is 13.2. The maximum Gasteiger partial charge on any atom is 0.255 e. The minimum atomic E-state index is 0.224. The van der Waals surface area contributed by atoms with Crippen LogP contribution in [0.5, 0.6) is 0 Å². The Hall–Kier alpha value is -1.47. The summed E-state index contributed by atoms with van der Waals surface area (Å²) in [5.41, 5.74) is 3.73. The molecule has 2 aromatic rings. The average molecular weight is 400 g/mol. The second-order valence-electron chi connectivity index (χ2n) is 8.84. The largest absolute Gasteiger partial charge is 0.378 e. The van der Waals surface area contributed by atoms with E-state index >= 15 is 0 Å². The molecule has 5 rings (SSSR count). The van der Waals surface area contributed by atoms with Gasteiger partial charge in [-0.3, -0.25) is 14.6 Å². The van der Waals surface area contributed by atoms with E-state index in [4.69, 9.17) is 4.74 Å². The summed E-state index contributed by atoms with van der Waals surface area (Å²) < 4.78 is 7.49. The number of likely N-dealkylation sites (tertiary alicyclic amines) is 1. The van der Waals surface area contributed by atoms with Crippen molar-refractivity contribution >= 4 is 11.3 Å². The molecule has 6 heteroatoms. The van der Waals surface area contributed by atoms with Crippen molar-refractivity contribution in [3.8, 4) is 0 Å². The Morgan fingerprint density at radius 1 is 1.18 bits per heavy atom. The van der Waals surface area contributed by atoms with Crippen LogP contribution in [0.15, 0.2) is 28.4 Å². The van der Waals surface area contributed by atoms with Gasteiger partial charge in [0.1, 0.15) is 0 Å². The molecule has 2 saturated heterocycles. The second kappa shape index (κ2) is 7.41. The summed E-state index contributed by atoms with van der Waals surface area (Å²) in [6.45, 7) is 8.56. The molecule has 0 N–H and O–H groups in total. The van der Waals surface area contributed by atoms with Gasteiger partial charge < -0.3 is 9.30 Å². The molecular formula is C22H29N3O2S. The van der Waals surface area contributed by atoms with Gasteiger partial charge in [0.2, 0.25) is 0 Å². The molecular weight excluding hydrogens is 370 g/mol. The lowest BCUT2D eigenvalue weighted by Crippen LogP contribution is -2.56. The first-order valence-corrected chi connectivity index (χ1v) is 11.2. The number of pyridine rings is 1. The summed E-state index contributed by atoms with van der Waals surface area (Å²) in [5.74, 6) is 1.08. The molecule has 0 saturated carbocycles. The molecule has 28 heavy (non-hydrogen) atoms. The van der Waals surface area contributed by atoms with E-state index < -0.39 is 0 Å². The smallest absolute Gasteiger partial charge is 0.255 e. The molecule has 0 aliphatic carbocycles. The standard InChI is InChI=1S/C22H29N3O2S/c1-15-5-6-28-21(15)12-23(2)10-17-3-4-20-18-7-16(9-25(20)22(17)26)8-24(11-18)19-13-27-14-19/h3-6,16,18-19H,7-14H2,1-2H3/t16-,18+/m0/s1. The number of hydrogen-bond acceptors (Lipinski definition) is 5. The van der Waals surface area contributed by atoms with Crippen LogP contribution in [0.1, 0.15) is 34.0 Å². The van der Waals surface area contributed by atoms with E-state index in [1.54, 1.807) is 11.3 Å². The summed E-state index contributed by atoms with van der Waals surface area (Å²) in [6.07, 6.45) is 1.22. The molecule has 5 heterocycles. The first-order chi connectivity index (χ1) is 13.6. The van der Waals surface area contributed by atoms with Crippen LogP contribution in [0.4, 0.5) is 0 Å². The van der Waals surface area contributed by atoms with E-state index in [1.165, 1.54) is 22.6 Å². The highest BCUT2D eigenvalue weighted by Crippen LogP contribution is 2.36. The van der Waals surface area contributed by atoms with Gasteiger partial charge in [-0.25, -0.2) is 0 Å². The molecule has 0 radical (unpaired) electrons. The van der Waals surface area contributed by atoms with Gasteiger partial charge in [-0.05, 0) is 49.4 Å². The quantitative estimate of drug-likeness (QED) is 0.775. The summed E-state index contributed by atoms with van der Waals surface area (Å²) in [5, 5.41) is 2.14. The molecule has 0 unspecified atom stereocenters. The highest BCUT2D eigenvalue weighted by molar-refractivity contribution is 7.10. The topological polar surface area (TPSA) is 37.7 Å². The van der Waals surface area contributed by atoms with Crippen LogP contribution in [0.3, 0.4) is 0 Å². The number of hydrogen-bond donors (Lipinski definition) is 0. The average Bonchev–Trinajstić information content (AvgIpc) is 3.01. The fourth-order valence-corrected chi connectivity index (χ4v) is 6.02. The molecule has 3 aliphatic heterocycles. The number of aromatic nitrogens is 1. The van der Waals surface area contributed by atoms with E-state index in [9.17, 15) is 4.79 Å². The number of nitrogens with zero attached hydrogens (tertiary/aromatic N) is 3. The lowest BCUT2D eigenvalue weighted by atomic mass is 9.82. The van der Waals surface area contributed by atoms with Crippen molar-refractivity contribution in [1.82, 2.24) is 14.4 Å². The summed E-state index contributed by atoms with van der Waals surface area (Å²) in [4.78, 5) is 19.5. The predicted octanol–water partition coefficient (Wildman–Crippen LogP) is 2.67. The highest BCUT2D eigenvalue weighted by atomic mass is 32.1. The van der Waals surface area contributed by atoms with Gasteiger partial charge >= 0.3 is 0 Å². The van der Waals surface area contributed by atoms with E-state index in [0.717, 1.165) is 45.0 Å². The first-order valence-electron chi connectivity index (χ1n) is 10.3. The number of fused-ring (bicyclic) bond motifs is 4. The van der Waals surface area contributed by atoms with Gasteiger partial charge in [0.25, 0.3) is 5.56 Å². The van der Waals surface area contributed by atoms with E-state index in [0.29, 0.717) is 24.4 Å². The molecule has 2 bridgehead atoms. The Labute approximate surface area is 170 Å². The lowest BCUT2D eigenvalue weighted by molar-refractivity contribution is -0.0827. The third-order valence-electron chi connectivity index (χ3n) is 6.67. The molecule has 3 aliphatic rings. The molecule has 2 atom stereocenters. The molecule has 2 aromatic heterocycles. The van der Waals surface area contributed by atoms with Crippen molar-refractivity contribution in [3.63, 3.8) is 0 Å². The summed E-state index contributed by atoms with van der Waals surface area (Å²) >= 11 is 1.80. The van der Waals surface area contributed by atoms with Gasteiger partial charge in [-0.15, -0.1) is 11.3 Å². The van der Waals surface area contributed by atoms with E-state index in [2.05, 4.69) is 51.9 Å². The van der Waals surface area contributed by atoms with Crippen LogP contribution in [0.25, 0.3) is 0 Å². The Bertz CT molecular complexity index is 917. The maximum atomic E-state index is 13.2. The Balaban J connectivity index is 1.34. The normalized spacial score (nSPS) is 25.0. The van der Waals surface area contributed by atoms with Crippen LogP contribution in [-0.4, -0.2) is 53.8 Å². The predicted molar refractivity (Wildman–Crippen MR) is 112 cm³/mol. The third-order valence-corrected chi connectivity index (χ3v) is 7.68. The molecule has 0 amide bonds. The number of ether oxygens (including phenoxy) is 1. The second-order valence-corrected chi connectivity index (χ2v) is 9.84. The van der Waals surface area contributed by atoms with E-state index in [-0.39, 0.29) is 5.56 Å². The van der Waals surface area contributed by atoms with Crippen molar-refractivity contribution in [2.24, 2.45) is 5.92 Å². The van der Waals surface area contributed by atoms with Crippen LogP contribution >= 0.6 is 11.3 Å². The van der Waals surface area contributed by atoms with Crippen LogP contribution in [0.2, 0.25) is 0 Å². The van der Waals surface area contributed by atoms with Crippen molar-refractivity contribution in [2.75, 3.05) is 33.4 Å². The number of aryl methyl sites for hydroxylation is 1. The zero-order valence-electron chi connectivity index (χ0n) is 16.8. The summed E-state index contributed by atoms with van der Waals surface area (Å²) in [7, 11) is 2.11. The van der Waals surface area contributed by atoms with E-state index in [1.807, 2.05) is 0 Å². The molecule has 2 fully saturated rings. The van der Waals surface area contributed by atoms with Gasteiger partial charge in [0, 0.05) is 54.8 Å². The number of piperidine rings is 1. The van der Waals surface area contributed by atoms with Crippen molar-refractivity contribution < 1.29 is 4.74 Å². The molecule has 5 nitrogen and oxygen atoms in total. The van der Waals surface area contributed by atoms with Crippen LogP contribution in [-0.2, 0) is 24.4 Å². The Morgan fingerprint density at radius 2 is 2.04 bits per heavy atom. The highest BCUT2D eigenvalue weighted by Gasteiger charge is 2.39. The molecule has 0 aromatic carbocycles. The van der Waals surface area contributed by atoms with Gasteiger partial charge in [0.05, 0.1) is 19.3 Å².